The summed E-state index contributed by atoms with van der Waals surface area (Å²) in [6.07, 6.45) is 1.03. The molecule has 238 valence electrons. The first-order chi connectivity index (χ1) is 22.5. The number of esters is 2. The Labute approximate surface area is 270 Å². The Morgan fingerprint density at radius 3 is 1.11 bits per heavy atom. The smallest absolute Gasteiger partial charge is 0.306 e. The molecule has 0 heterocycles. The zero-order valence-corrected chi connectivity index (χ0v) is 26.0. The highest BCUT2D eigenvalue weighted by atomic mass is 16.5. The van der Waals surface area contributed by atoms with E-state index in [1.807, 2.05) is 121 Å². The van der Waals surface area contributed by atoms with E-state index in [4.69, 9.17) is 9.47 Å². The summed E-state index contributed by atoms with van der Waals surface area (Å²) < 4.78 is 10.7. The van der Waals surface area contributed by atoms with Gasteiger partial charge in [-0.15, -0.1) is 0 Å². The molecule has 4 rings (SSSR count). The minimum absolute atomic E-state index is 0.0346. The summed E-state index contributed by atoms with van der Waals surface area (Å²) in [5, 5.41) is 0. The Morgan fingerprint density at radius 2 is 0.761 bits per heavy atom. The summed E-state index contributed by atoms with van der Waals surface area (Å²) in [6.45, 7) is 0.865. The van der Waals surface area contributed by atoms with Crippen LogP contribution in [0.15, 0.2) is 121 Å². The number of anilines is 2. The molecule has 46 heavy (non-hydrogen) atoms. The van der Waals surface area contributed by atoms with Crippen molar-refractivity contribution < 1.29 is 28.7 Å². The van der Waals surface area contributed by atoms with Gasteiger partial charge < -0.3 is 19.3 Å². The second kappa shape index (κ2) is 18.5. The van der Waals surface area contributed by atoms with Crippen molar-refractivity contribution in [3.8, 4) is 0 Å². The summed E-state index contributed by atoms with van der Waals surface area (Å²) >= 11 is 0. The van der Waals surface area contributed by atoms with Gasteiger partial charge in [0.2, 0.25) is 11.8 Å². The predicted octanol–water partition coefficient (Wildman–Crippen LogP) is 6.19. The highest BCUT2D eigenvalue weighted by molar-refractivity contribution is 5.97. The van der Waals surface area contributed by atoms with E-state index in [0.29, 0.717) is 24.2 Å². The predicted molar refractivity (Wildman–Crippen MR) is 178 cm³/mol. The molecule has 0 atom stereocenters. The number of benzene rings is 4. The second-order valence-corrected chi connectivity index (χ2v) is 10.7. The van der Waals surface area contributed by atoms with Crippen molar-refractivity contribution in [2.24, 2.45) is 0 Å². The zero-order valence-electron chi connectivity index (χ0n) is 26.0. The number of carbonyl (C=O) groups is 4. The fraction of sp³-hybridized carbons (Fsp3) is 0.263. The quantitative estimate of drug-likeness (QED) is 0.131. The molecule has 0 bridgehead atoms. The molecule has 0 spiro atoms. The van der Waals surface area contributed by atoms with Crippen LogP contribution in [0.5, 0.6) is 0 Å². The maximum atomic E-state index is 13.4. The molecule has 0 saturated heterocycles. The fourth-order valence-electron chi connectivity index (χ4n) is 4.90. The van der Waals surface area contributed by atoms with Crippen molar-refractivity contribution in [2.75, 3.05) is 36.1 Å². The summed E-state index contributed by atoms with van der Waals surface area (Å²) in [5.41, 5.74) is 3.46. The number of amides is 2. The van der Waals surface area contributed by atoms with Crippen molar-refractivity contribution in [3.63, 3.8) is 0 Å². The molecule has 8 nitrogen and oxygen atoms in total. The zero-order chi connectivity index (χ0) is 32.4. The Balaban J connectivity index is 1.32. The third-order valence-electron chi connectivity index (χ3n) is 7.36. The lowest BCUT2D eigenvalue weighted by Gasteiger charge is -2.28. The topological polar surface area (TPSA) is 93.2 Å². The summed E-state index contributed by atoms with van der Waals surface area (Å²) in [7, 11) is 0. The van der Waals surface area contributed by atoms with Crippen LogP contribution in [0.3, 0.4) is 0 Å². The van der Waals surface area contributed by atoms with Crippen LogP contribution < -0.4 is 9.80 Å². The summed E-state index contributed by atoms with van der Waals surface area (Å²) in [5.74, 6) is -1.38. The van der Waals surface area contributed by atoms with Crippen LogP contribution in [0.1, 0.15) is 36.8 Å². The maximum absolute atomic E-state index is 13.4. The van der Waals surface area contributed by atoms with Gasteiger partial charge in [0.05, 0.1) is 26.1 Å². The fourth-order valence-corrected chi connectivity index (χ4v) is 4.90. The molecule has 0 unspecified atom stereocenters. The van der Waals surface area contributed by atoms with Crippen molar-refractivity contribution in [1.29, 1.82) is 0 Å². The number of hydrogen-bond acceptors (Lipinski definition) is 6. The van der Waals surface area contributed by atoms with E-state index in [1.165, 1.54) is 0 Å². The van der Waals surface area contributed by atoms with Crippen LogP contribution in [-0.4, -0.2) is 50.1 Å². The first-order valence-electron chi connectivity index (χ1n) is 15.6. The SMILES string of the molecule is O=C(CCC(=O)N(CCN(C(=O)CCC(=O)OCCc1ccccc1)c1ccccc1)c1ccccc1)OCCc1ccccc1. The van der Waals surface area contributed by atoms with E-state index in [9.17, 15) is 19.2 Å². The van der Waals surface area contributed by atoms with Crippen LogP contribution in [-0.2, 0) is 41.5 Å². The number of hydrogen-bond donors (Lipinski definition) is 0. The van der Waals surface area contributed by atoms with Crippen LogP contribution in [0.2, 0.25) is 0 Å². The Morgan fingerprint density at radius 1 is 0.435 bits per heavy atom. The van der Waals surface area contributed by atoms with Gasteiger partial charge in [-0.2, -0.15) is 0 Å². The molecule has 4 aromatic carbocycles. The second-order valence-electron chi connectivity index (χ2n) is 10.7. The Hall–Kier alpha value is -5.24. The standard InChI is InChI=1S/C38H40N2O6/c41-35(21-23-37(43)45-29-25-31-13-5-1-6-14-31)39(33-17-9-3-10-18-33)27-28-40(34-19-11-4-12-20-34)36(42)22-24-38(44)46-30-26-32-15-7-2-8-16-32/h1-20H,21-30H2. The lowest BCUT2D eigenvalue weighted by atomic mass is 10.2. The lowest BCUT2D eigenvalue weighted by molar-refractivity contribution is -0.145. The molecule has 0 N–H and O–H groups in total. The van der Waals surface area contributed by atoms with Crippen LogP contribution in [0, 0.1) is 0 Å². The molecule has 0 aliphatic rings. The average molecular weight is 621 g/mol. The minimum Gasteiger partial charge on any atom is -0.465 e. The van der Waals surface area contributed by atoms with Crippen LogP contribution in [0.25, 0.3) is 0 Å². The highest BCUT2D eigenvalue weighted by Gasteiger charge is 2.22. The number of ether oxygens (including phenoxy) is 2. The van der Waals surface area contributed by atoms with Gasteiger partial charge in [-0.05, 0) is 35.4 Å². The number of carbonyl (C=O) groups excluding carboxylic acids is 4. The first-order valence-corrected chi connectivity index (χ1v) is 15.6. The summed E-state index contributed by atoms with van der Waals surface area (Å²) in [4.78, 5) is 54.9. The van der Waals surface area contributed by atoms with Crippen LogP contribution >= 0.6 is 0 Å². The number of para-hydroxylation sites is 2. The van der Waals surface area contributed by atoms with E-state index in [0.717, 1.165) is 11.1 Å². The summed E-state index contributed by atoms with van der Waals surface area (Å²) in [6, 6.07) is 37.8. The molecule has 0 aliphatic heterocycles. The molecule has 0 saturated carbocycles. The average Bonchev–Trinajstić information content (AvgIpc) is 3.10. The third kappa shape index (κ3) is 11.4. The molecular formula is C38H40N2O6. The molecule has 8 heteroatoms. The number of rotatable bonds is 17. The lowest BCUT2D eigenvalue weighted by Crippen LogP contribution is -2.41. The van der Waals surface area contributed by atoms with Crippen molar-refractivity contribution in [2.45, 2.75) is 38.5 Å². The maximum Gasteiger partial charge on any atom is 0.306 e. The number of nitrogens with zero attached hydrogens (tertiary/aromatic N) is 2. The van der Waals surface area contributed by atoms with Gasteiger partial charge in [-0.3, -0.25) is 19.2 Å². The van der Waals surface area contributed by atoms with Crippen molar-refractivity contribution in [3.05, 3.63) is 132 Å². The third-order valence-corrected chi connectivity index (χ3v) is 7.36. The first kappa shape index (κ1) is 33.6. The molecular weight excluding hydrogens is 580 g/mol. The van der Waals surface area contributed by atoms with Gasteiger partial charge >= 0.3 is 11.9 Å². The van der Waals surface area contributed by atoms with Gasteiger partial charge in [-0.25, -0.2) is 0 Å². The Bertz CT molecular complexity index is 1400. The van der Waals surface area contributed by atoms with E-state index in [1.54, 1.807) is 9.80 Å². The van der Waals surface area contributed by atoms with Gasteiger partial charge in [0.25, 0.3) is 0 Å². The monoisotopic (exact) mass is 620 g/mol. The van der Waals surface area contributed by atoms with Crippen molar-refractivity contribution in [1.82, 2.24) is 0 Å². The van der Waals surface area contributed by atoms with Gasteiger partial charge in [0, 0.05) is 50.1 Å². The van der Waals surface area contributed by atoms with Gasteiger partial charge in [-0.1, -0.05) is 97.1 Å². The van der Waals surface area contributed by atoms with Crippen LogP contribution in [0.4, 0.5) is 11.4 Å². The highest BCUT2D eigenvalue weighted by Crippen LogP contribution is 2.19. The Kier molecular flexibility index (Phi) is 13.6. The minimum atomic E-state index is -0.436. The molecule has 0 radical (unpaired) electrons. The molecule has 4 aromatic rings. The van der Waals surface area contributed by atoms with Gasteiger partial charge in [0.1, 0.15) is 0 Å². The molecule has 0 aromatic heterocycles. The van der Waals surface area contributed by atoms with E-state index in [-0.39, 0.29) is 63.8 Å². The largest absolute Gasteiger partial charge is 0.465 e. The molecule has 0 fully saturated rings. The normalized spacial score (nSPS) is 10.5. The van der Waals surface area contributed by atoms with E-state index in [2.05, 4.69) is 0 Å². The van der Waals surface area contributed by atoms with Crippen molar-refractivity contribution >= 4 is 35.1 Å². The molecule has 0 aliphatic carbocycles. The van der Waals surface area contributed by atoms with E-state index < -0.39 is 11.9 Å². The van der Waals surface area contributed by atoms with Gasteiger partial charge in [0.15, 0.2) is 0 Å². The van der Waals surface area contributed by atoms with E-state index >= 15 is 0 Å². The molecule has 2 amide bonds.